The molecule has 0 heterocycles. The molecule has 3 rings (SSSR count). The Balaban J connectivity index is 1.66. The van der Waals surface area contributed by atoms with Crippen LogP contribution in [0.15, 0.2) is 53.4 Å². The van der Waals surface area contributed by atoms with Crippen molar-refractivity contribution in [3.05, 3.63) is 59.1 Å². The minimum atomic E-state index is -4.01. The maximum atomic E-state index is 12.6. The van der Waals surface area contributed by atoms with Crippen LogP contribution in [-0.4, -0.2) is 32.2 Å². The van der Waals surface area contributed by atoms with Crippen LogP contribution in [-0.2, 0) is 19.6 Å². The summed E-state index contributed by atoms with van der Waals surface area (Å²) in [7, 11) is -4.01. The molecule has 0 aromatic heterocycles. The number of hydrogen-bond donors (Lipinski definition) is 4. The molecule has 11 heteroatoms. The summed E-state index contributed by atoms with van der Waals surface area (Å²) < 4.78 is 27.5. The van der Waals surface area contributed by atoms with Gasteiger partial charge in [-0.05, 0) is 43.2 Å². The van der Waals surface area contributed by atoms with E-state index in [4.69, 9.17) is 11.6 Å². The van der Waals surface area contributed by atoms with Crippen LogP contribution in [0.25, 0.3) is 0 Å². The molecular weight excluding hydrogens is 420 g/mol. The van der Waals surface area contributed by atoms with Gasteiger partial charge in [-0.1, -0.05) is 29.8 Å². The summed E-state index contributed by atoms with van der Waals surface area (Å²) in [5, 5.41) is 2.69. The summed E-state index contributed by atoms with van der Waals surface area (Å²) in [6.45, 7) is 0. The lowest BCUT2D eigenvalue weighted by Gasteiger charge is -2.11. The van der Waals surface area contributed by atoms with Crippen molar-refractivity contribution in [3.8, 4) is 0 Å². The third-order valence-corrected chi connectivity index (χ3v) is 5.63. The van der Waals surface area contributed by atoms with Gasteiger partial charge in [0.25, 0.3) is 15.9 Å². The number of para-hydroxylation sites is 1. The van der Waals surface area contributed by atoms with Crippen molar-refractivity contribution in [3.63, 3.8) is 0 Å². The fourth-order valence-corrected chi connectivity index (χ4v) is 3.64. The van der Waals surface area contributed by atoms with Crippen LogP contribution in [0.1, 0.15) is 23.2 Å². The second-order valence-corrected chi connectivity index (χ2v) is 8.36. The second kappa shape index (κ2) is 8.50. The van der Waals surface area contributed by atoms with E-state index in [2.05, 4.69) is 15.5 Å². The van der Waals surface area contributed by atoms with E-state index in [0.29, 0.717) is 0 Å². The zero-order chi connectivity index (χ0) is 21.0. The highest BCUT2D eigenvalue weighted by Crippen LogP contribution is 2.24. The van der Waals surface area contributed by atoms with Gasteiger partial charge in [-0.3, -0.25) is 30.0 Å². The Kier molecular flexibility index (Phi) is 6.04. The Labute approximate surface area is 171 Å². The van der Waals surface area contributed by atoms with Crippen molar-refractivity contribution in [2.24, 2.45) is 0 Å². The zero-order valence-electron chi connectivity index (χ0n) is 14.9. The van der Waals surface area contributed by atoms with Crippen molar-refractivity contribution in [2.75, 3.05) is 4.72 Å². The molecule has 1 fully saturated rings. The van der Waals surface area contributed by atoms with Crippen LogP contribution >= 0.6 is 11.6 Å². The molecule has 29 heavy (non-hydrogen) atoms. The summed E-state index contributed by atoms with van der Waals surface area (Å²) in [4.78, 5) is 35.2. The zero-order valence-corrected chi connectivity index (χ0v) is 16.5. The lowest BCUT2D eigenvalue weighted by atomic mass is 10.2. The molecule has 3 amide bonds. The first-order valence-corrected chi connectivity index (χ1v) is 10.4. The molecule has 4 N–H and O–H groups in total. The van der Waals surface area contributed by atoms with Crippen LogP contribution in [0.5, 0.6) is 0 Å². The third kappa shape index (κ3) is 5.46. The number of nitrogens with one attached hydrogen (secondary N) is 4. The van der Waals surface area contributed by atoms with Crippen molar-refractivity contribution in [1.29, 1.82) is 0 Å². The fraction of sp³-hybridized carbons (Fsp3) is 0.167. The average Bonchev–Trinajstić information content (AvgIpc) is 3.51. The molecule has 0 radical (unpaired) electrons. The number of amides is 3. The van der Waals surface area contributed by atoms with E-state index in [1.165, 1.54) is 30.3 Å². The molecule has 0 aliphatic heterocycles. The molecule has 0 spiro atoms. The Morgan fingerprint density at radius 2 is 1.66 bits per heavy atom. The second-order valence-electron chi connectivity index (χ2n) is 6.27. The van der Waals surface area contributed by atoms with Gasteiger partial charge in [0.05, 0.1) is 15.6 Å². The van der Waals surface area contributed by atoms with E-state index in [0.717, 1.165) is 18.9 Å². The number of rotatable bonds is 5. The summed E-state index contributed by atoms with van der Waals surface area (Å²) in [6.07, 6.45) is 1.63. The predicted molar refractivity (Wildman–Crippen MR) is 105 cm³/mol. The predicted octanol–water partition coefficient (Wildman–Crippen LogP) is 1.18. The van der Waals surface area contributed by atoms with E-state index in [9.17, 15) is 22.8 Å². The molecule has 2 aromatic rings. The number of carbonyl (C=O) groups is 3. The number of benzene rings is 2. The Bertz CT molecular complexity index is 1070. The number of carbonyl (C=O) groups excluding carboxylic acids is 3. The van der Waals surface area contributed by atoms with E-state index in [1.54, 1.807) is 12.1 Å². The molecule has 0 bridgehead atoms. The van der Waals surface area contributed by atoms with E-state index < -0.39 is 27.7 Å². The fourth-order valence-electron chi connectivity index (χ4n) is 2.27. The topological polar surface area (TPSA) is 133 Å². The molecule has 2 aromatic carbocycles. The standard InChI is InChI=1S/C18H17ClN4O5S/c19-14-6-1-2-7-15(14)23-29(27,28)13-5-3-4-11(10-13)16(24)21-22-18(26)17(25)20-12-8-9-12/h1-7,10,12,23H,8-9H2,(H,20,25)(H,21,24)(H,22,26). The van der Waals surface area contributed by atoms with Crippen LogP contribution in [0.2, 0.25) is 5.02 Å². The molecule has 0 saturated heterocycles. The maximum Gasteiger partial charge on any atom is 0.327 e. The van der Waals surface area contributed by atoms with E-state index in [-0.39, 0.29) is 27.2 Å². The first-order valence-electron chi connectivity index (χ1n) is 8.55. The summed E-state index contributed by atoms with van der Waals surface area (Å²) in [6, 6.07) is 11.5. The molecule has 1 aliphatic rings. The van der Waals surface area contributed by atoms with E-state index in [1.807, 2.05) is 5.43 Å². The van der Waals surface area contributed by atoms with Crippen LogP contribution in [0.4, 0.5) is 5.69 Å². The molecule has 1 saturated carbocycles. The summed E-state index contributed by atoms with van der Waals surface area (Å²) in [5.74, 6) is -2.66. The first-order chi connectivity index (χ1) is 13.8. The minimum Gasteiger partial charge on any atom is -0.345 e. The minimum absolute atomic E-state index is 0.00328. The quantitative estimate of drug-likeness (QED) is 0.412. The van der Waals surface area contributed by atoms with Gasteiger partial charge in [-0.25, -0.2) is 8.42 Å². The molecule has 1 aliphatic carbocycles. The van der Waals surface area contributed by atoms with Crippen molar-refractivity contribution in [1.82, 2.24) is 16.2 Å². The SMILES string of the molecule is O=C(NNC(=O)c1cccc(S(=O)(=O)Nc2ccccc2Cl)c1)C(=O)NC1CC1. The highest BCUT2D eigenvalue weighted by Gasteiger charge is 2.26. The van der Waals surface area contributed by atoms with Crippen LogP contribution < -0.4 is 20.9 Å². The monoisotopic (exact) mass is 436 g/mol. The average molecular weight is 437 g/mol. The molecule has 0 atom stereocenters. The van der Waals surface area contributed by atoms with Crippen molar-refractivity contribution >= 4 is 45.0 Å². The van der Waals surface area contributed by atoms with Gasteiger partial charge >= 0.3 is 11.8 Å². The first kappa shape index (κ1) is 20.6. The highest BCUT2D eigenvalue weighted by molar-refractivity contribution is 7.92. The Hall–Kier alpha value is -3.11. The summed E-state index contributed by atoms with van der Waals surface area (Å²) >= 11 is 5.97. The number of anilines is 1. The van der Waals surface area contributed by atoms with Gasteiger partial charge in [0.1, 0.15) is 0 Å². The lowest BCUT2D eigenvalue weighted by molar-refractivity contribution is -0.139. The third-order valence-electron chi connectivity index (χ3n) is 3.93. The molecular formula is C18H17ClN4O5S. The number of halogens is 1. The van der Waals surface area contributed by atoms with Gasteiger partial charge in [0.15, 0.2) is 0 Å². The number of hydrazine groups is 1. The number of sulfonamides is 1. The summed E-state index contributed by atoms with van der Waals surface area (Å²) in [5.41, 5.74) is 4.22. The Morgan fingerprint density at radius 3 is 2.34 bits per heavy atom. The largest absolute Gasteiger partial charge is 0.345 e. The Morgan fingerprint density at radius 1 is 0.931 bits per heavy atom. The van der Waals surface area contributed by atoms with Gasteiger partial charge in [-0.2, -0.15) is 0 Å². The van der Waals surface area contributed by atoms with Gasteiger partial charge in [0, 0.05) is 11.6 Å². The highest BCUT2D eigenvalue weighted by atomic mass is 35.5. The van der Waals surface area contributed by atoms with Crippen molar-refractivity contribution in [2.45, 2.75) is 23.8 Å². The molecule has 152 valence electrons. The normalized spacial score (nSPS) is 13.3. The maximum absolute atomic E-state index is 12.6. The number of hydrogen-bond acceptors (Lipinski definition) is 5. The van der Waals surface area contributed by atoms with Crippen molar-refractivity contribution < 1.29 is 22.8 Å². The van der Waals surface area contributed by atoms with Gasteiger partial charge in [0.2, 0.25) is 0 Å². The molecule has 9 nitrogen and oxygen atoms in total. The van der Waals surface area contributed by atoms with Crippen LogP contribution in [0, 0.1) is 0 Å². The van der Waals surface area contributed by atoms with E-state index >= 15 is 0 Å². The van der Waals surface area contributed by atoms with Gasteiger partial charge in [-0.15, -0.1) is 0 Å². The van der Waals surface area contributed by atoms with Gasteiger partial charge < -0.3 is 5.32 Å². The van der Waals surface area contributed by atoms with Crippen LogP contribution in [0.3, 0.4) is 0 Å². The molecule has 0 unspecified atom stereocenters. The lowest BCUT2D eigenvalue weighted by Crippen LogP contribution is -2.49. The smallest absolute Gasteiger partial charge is 0.327 e.